The van der Waals surface area contributed by atoms with E-state index < -0.39 is 0 Å². The Kier molecular flexibility index (Phi) is 5.21. The second kappa shape index (κ2) is 7.79. The molecule has 1 atom stereocenters. The van der Waals surface area contributed by atoms with E-state index in [1.54, 1.807) is 14.2 Å². The van der Waals surface area contributed by atoms with Crippen molar-refractivity contribution >= 4 is 5.97 Å². The molecule has 0 amide bonds. The summed E-state index contributed by atoms with van der Waals surface area (Å²) in [6, 6.07) is 3.79. The van der Waals surface area contributed by atoms with E-state index in [1.807, 2.05) is 12.1 Å². The van der Waals surface area contributed by atoms with Crippen molar-refractivity contribution in [2.75, 3.05) is 27.9 Å². The first-order valence-corrected chi connectivity index (χ1v) is 9.51. The van der Waals surface area contributed by atoms with E-state index in [9.17, 15) is 4.79 Å². The quantitative estimate of drug-likeness (QED) is 0.670. The van der Waals surface area contributed by atoms with Gasteiger partial charge in [0.15, 0.2) is 17.3 Å². The van der Waals surface area contributed by atoms with Gasteiger partial charge in [0.2, 0.25) is 5.89 Å². The van der Waals surface area contributed by atoms with E-state index in [2.05, 4.69) is 15.0 Å². The lowest BCUT2D eigenvalue weighted by atomic mass is 9.90. The van der Waals surface area contributed by atoms with E-state index in [4.69, 9.17) is 18.7 Å². The summed E-state index contributed by atoms with van der Waals surface area (Å²) in [6.45, 7) is 1.26. The second-order valence-electron chi connectivity index (χ2n) is 7.24. The summed E-state index contributed by atoms with van der Waals surface area (Å²) >= 11 is 0. The van der Waals surface area contributed by atoms with Crippen molar-refractivity contribution in [1.29, 1.82) is 0 Å². The predicted octanol–water partition coefficient (Wildman–Crippen LogP) is 2.63. The van der Waals surface area contributed by atoms with Crippen LogP contribution in [-0.4, -0.2) is 48.9 Å². The zero-order chi connectivity index (χ0) is 19.7. The number of nitrogens with zero attached hydrogens (tertiary/aromatic N) is 3. The van der Waals surface area contributed by atoms with Gasteiger partial charge >= 0.3 is 5.97 Å². The molecule has 2 aliphatic rings. The predicted molar refractivity (Wildman–Crippen MR) is 99.3 cm³/mol. The van der Waals surface area contributed by atoms with Crippen molar-refractivity contribution in [2.45, 2.75) is 44.2 Å². The van der Waals surface area contributed by atoms with E-state index in [-0.39, 0.29) is 18.4 Å². The van der Waals surface area contributed by atoms with Gasteiger partial charge in [-0.05, 0) is 42.5 Å². The van der Waals surface area contributed by atoms with Gasteiger partial charge in [-0.2, -0.15) is 4.98 Å². The van der Waals surface area contributed by atoms with Crippen LogP contribution >= 0.6 is 0 Å². The van der Waals surface area contributed by atoms with Crippen molar-refractivity contribution in [2.24, 2.45) is 0 Å². The highest BCUT2D eigenvalue weighted by Gasteiger charge is 2.33. The lowest BCUT2D eigenvalue weighted by Gasteiger charge is -2.36. The van der Waals surface area contributed by atoms with Gasteiger partial charge in [-0.15, -0.1) is 0 Å². The molecule has 8 nitrogen and oxygen atoms in total. The Labute approximate surface area is 163 Å². The number of ether oxygens (including phenoxy) is 3. The molecule has 0 spiro atoms. The van der Waals surface area contributed by atoms with Gasteiger partial charge in [0, 0.05) is 18.5 Å². The molecule has 0 N–H and O–H groups in total. The van der Waals surface area contributed by atoms with Crippen LogP contribution in [0.1, 0.15) is 54.1 Å². The van der Waals surface area contributed by atoms with E-state index in [1.165, 1.54) is 7.11 Å². The fourth-order valence-corrected chi connectivity index (χ4v) is 3.76. The van der Waals surface area contributed by atoms with Crippen LogP contribution < -0.4 is 9.47 Å². The number of methoxy groups -OCH3 is 3. The Hall–Kier alpha value is -2.61. The normalized spacial score (nSPS) is 19.2. The van der Waals surface area contributed by atoms with Crippen LogP contribution in [0.4, 0.5) is 0 Å². The van der Waals surface area contributed by atoms with Crippen LogP contribution in [0.15, 0.2) is 16.7 Å². The summed E-state index contributed by atoms with van der Waals surface area (Å²) in [7, 11) is 4.64. The maximum atomic E-state index is 12.1. The summed E-state index contributed by atoms with van der Waals surface area (Å²) < 4.78 is 21.3. The van der Waals surface area contributed by atoms with Gasteiger partial charge in [0.1, 0.15) is 0 Å². The monoisotopic (exact) mass is 387 g/mol. The second-order valence-corrected chi connectivity index (χ2v) is 7.24. The van der Waals surface area contributed by atoms with Gasteiger partial charge in [-0.3, -0.25) is 9.69 Å². The SMILES string of the molecule is COC(=O)C[C@H]1c2cc(OC)c(OC)cc2CCN1Cc1nc(C2CC2)no1. The molecule has 0 unspecified atom stereocenters. The van der Waals surface area contributed by atoms with Gasteiger partial charge in [0.25, 0.3) is 0 Å². The number of fused-ring (bicyclic) bond motifs is 1. The van der Waals surface area contributed by atoms with Crippen molar-refractivity contribution < 1.29 is 23.5 Å². The molecule has 1 aromatic heterocycles. The highest BCUT2D eigenvalue weighted by Crippen LogP contribution is 2.41. The number of hydrogen-bond acceptors (Lipinski definition) is 8. The Morgan fingerprint density at radius 1 is 1.21 bits per heavy atom. The van der Waals surface area contributed by atoms with Crippen LogP contribution in [0.5, 0.6) is 11.5 Å². The number of aromatic nitrogens is 2. The van der Waals surface area contributed by atoms with E-state index >= 15 is 0 Å². The first kappa shape index (κ1) is 18.7. The van der Waals surface area contributed by atoms with Crippen molar-refractivity contribution in [3.8, 4) is 11.5 Å². The molecule has 1 fully saturated rings. The fourth-order valence-electron chi connectivity index (χ4n) is 3.76. The molecule has 1 aliphatic heterocycles. The lowest BCUT2D eigenvalue weighted by molar-refractivity contribution is -0.142. The topological polar surface area (TPSA) is 86.9 Å². The van der Waals surface area contributed by atoms with Crippen molar-refractivity contribution in [1.82, 2.24) is 15.0 Å². The molecule has 0 saturated heterocycles. The number of rotatable bonds is 7. The summed E-state index contributed by atoms with van der Waals surface area (Å²) in [5.41, 5.74) is 2.18. The van der Waals surface area contributed by atoms with E-state index in [0.717, 1.165) is 42.8 Å². The molecule has 1 saturated carbocycles. The van der Waals surface area contributed by atoms with Crippen LogP contribution in [0.3, 0.4) is 0 Å². The Morgan fingerprint density at radius 2 is 1.96 bits per heavy atom. The number of carbonyl (C=O) groups is 1. The molecular formula is C20H25N3O5. The van der Waals surface area contributed by atoms with Gasteiger partial charge in [0.05, 0.1) is 34.3 Å². The van der Waals surface area contributed by atoms with Crippen molar-refractivity contribution in [3.63, 3.8) is 0 Å². The minimum Gasteiger partial charge on any atom is -0.493 e. The number of benzene rings is 1. The lowest BCUT2D eigenvalue weighted by Crippen LogP contribution is -2.36. The maximum absolute atomic E-state index is 12.1. The maximum Gasteiger partial charge on any atom is 0.307 e. The number of esters is 1. The molecular weight excluding hydrogens is 362 g/mol. The van der Waals surface area contributed by atoms with Crippen LogP contribution in [-0.2, 0) is 22.5 Å². The molecule has 2 heterocycles. The van der Waals surface area contributed by atoms with E-state index in [0.29, 0.717) is 29.9 Å². The summed E-state index contributed by atoms with van der Waals surface area (Å²) in [5.74, 6) is 2.90. The molecule has 28 heavy (non-hydrogen) atoms. The van der Waals surface area contributed by atoms with Crippen LogP contribution in [0.2, 0.25) is 0 Å². The summed E-state index contributed by atoms with van der Waals surface area (Å²) in [4.78, 5) is 18.8. The standard InChI is InChI=1S/C20H25N3O5/c1-25-16-8-13-6-7-23(11-18-21-20(22-28-18)12-4-5-12)15(10-19(24)27-3)14(13)9-17(16)26-2/h8-9,12,15H,4-7,10-11H2,1-3H3/t15-/m0/s1. The number of hydrogen-bond donors (Lipinski definition) is 0. The first-order chi connectivity index (χ1) is 13.6. The molecule has 4 rings (SSSR count). The highest BCUT2D eigenvalue weighted by atomic mass is 16.5. The van der Waals surface area contributed by atoms with Gasteiger partial charge in [-0.1, -0.05) is 5.16 Å². The molecule has 2 aromatic rings. The van der Waals surface area contributed by atoms with Crippen molar-refractivity contribution in [3.05, 3.63) is 35.0 Å². The summed E-state index contributed by atoms with van der Waals surface area (Å²) in [6.07, 6.45) is 3.32. The zero-order valence-corrected chi connectivity index (χ0v) is 16.4. The van der Waals surface area contributed by atoms with Crippen LogP contribution in [0.25, 0.3) is 0 Å². The minimum atomic E-state index is -0.262. The molecule has 0 radical (unpaired) electrons. The Bertz CT molecular complexity index is 862. The average molecular weight is 387 g/mol. The zero-order valence-electron chi connectivity index (χ0n) is 16.4. The Balaban J connectivity index is 1.63. The van der Waals surface area contributed by atoms with Gasteiger partial charge in [-0.25, -0.2) is 0 Å². The Morgan fingerprint density at radius 3 is 2.64 bits per heavy atom. The fraction of sp³-hybridized carbons (Fsp3) is 0.550. The third-order valence-corrected chi connectivity index (χ3v) is 5.47. The third-order valence-electron chi connectivity index (χ3n) is 5.47. The third kappa shape index (κ3) is 3.69. The highest BCUT2D eigenvalue weighted by molar-refractivity contribution is 5.70. The molecule has 150 valence electrons. The summed E-state index contributed by atoms with van der Waals surface area (Å²) in [5, 5.41) is 4.10. The molecule has 0 bridgehead atoms. The number of carbonyl (C=O) groups excluding carboxylic acids is 1. The smallest absolute Gasteiger partial charge is 0.307 e. The first-order valence-electron chi connectivity index (χ1n) is 9.51. The largest absolute Gasteiger partial charge is 0.493 e. The molecule has 1 aliphatic carbocycles. The van der Waals surface area contributed by atoms with Crippen LogP contribution in [0, 0.1) is 0 Å². The average Bonchev–Trinajstić information content (AvgIpc) is 3.47. The molecule has 1 aromatic carbocycles. The molecule has 8 heteroatoms. The van der Waals surface area contributed by atoms with Gasteiger partial charge < -0.3 is 18.7 Å². The minimum absolute atomic E-state index is 0.160.